The van der Waals surface area contributed by atoms with Crippen LogP contribution < -0.4 is 4.90 Å². The Labute approximate surface area is 420 Å². The van der Waals surface area contributed by atoms with Crippen molar-refractivity contribution in [3.63, 3.8) is 0 Å². The van der Waals surface area contributed by atoms with Gasteiger partial charge in [0.1, 0.15) is 0 Å². The van der Waals surface area contributed by atoms with E-state index in [9.17, 15) is 0 Å². The lowest BCUT2D eigenvalue weighted by atomic mass is 9.89. The molecule has 0 unspecified atom stereocenters. The van der Waals surface area contributed by atoms with E-state index in [1.807, 2.05) is 0 Å². The Kier molecular flexibility index (Phi) is 10.9. The number of anilines is 3. The Balaban J connectivity index is 0.981. The molecule has 13 rings (SSSR count). The monoisotopic (exact) mass is 916 g/mol. The number of nitrogens with zero attached hydrogens (tertiary/aromatic N) is 2. The van der Waals surface area contributed by atoms with E-state index in [0.29, 0.717) is 0 Å². The summed E-state index contributed by atoms with van der Waals surface area (Å²) < 4.78 is 2.45. The standard InChI is InChI=1S/C70H48N2/c1-5-19-49(20-6-1)56-38-44-60(66(47-56)51-23-9-3-10-24-51)53-33-39-57(40-34-53)71(58-41-35-54(36-42-58)63-45-37-52-25-13-14-29-62(52)70(63)55-26-11-4-12-27-55)59-43-46-65-64-30-16-18-32-68(64)72(69(65)48-59)67-31-17-15-28-61(67)50-21-7-2-8-22-50/h1-48H. The first-order valence-corrected chi connectivity index (χ1v) is 24.7. The third-order valence-corrected chi connectivity index (χ3v) is 14.2. The van der Waals surface area contributed by atoms with Crippen molar-refractivity contribution in [3.05, 3.63) is 291 Å². The summed E-state index contributed by atoms with van der Waals surface area (Å²) in [6, 6.07) is 106. The average Bonchev–Trinajstić information content (AvgIpc) is 3.79. The van der Waals surface area contributed by atoms with E-state index in [1.165, 1.54) is 88.3 Å². The number of rotatable bonds is 10. The van der Waals surface area contributed by atoms with Crippen molar-refractivity contribution in [3.8, 4) is 72.4 Å². The molecule has 0 fully saturated rings. The molecule has 2 heteroatoms. The van der Waals surface area contributed by atoms with Crippen LogP contribution in [0.4, 0.5) is 17.1 Å². The summed E-state index contributed by atoms with van der Waals surface area (Å²) in [5, 5.41) is 4.91. The zero-order valence-electron chi connectivity index (χ0n) is 39.6. The van der Waals surface area contributed by atoms with Gasteiger partial charge in [0, 0.05) is 33.4 Å². The summed E-state index contributed by atoms with van der Waals surface area (Å²) in [7, 11) is 0. The van der Waals surface area contributed by atoms with E-state index >= 15 is 0 Å². The molecule has 13 aromatic rings. The molecule has 0 saturated carbocycles. The number of hydrogen-bond donors (Lipinski definition) is 0. The molecule has 12 aromatic carbocycles. The van der Waals surface area contributed by atoms with E-state index in [2.05, 4.69) is 301 Å². The minimum atomic E-state index is 1.07. The number of aromatic nitrogens is 1. The molecule has 1 aromatic heterocycles. The van der Waals surface area contributed by atoms with Crippen LogP contribution in [-0.2, 0) is 0 Å². The Bertz CT molecular complexity index is 4050. The molecular weight excluding hydrogens is 869 g/mol. The van der Waals surface area contributed by atoms with Gasteiger partial charge < -0.3 is 9.47 Å². The fourth-order valence-corrected chi connectivity index (χ4v) is 10.8. The summed E-state index contributed by atoms with van der Waals surface area (Å²) in [4.78, 5) is 2.41. The molecule has 0 radical (unpaired) electrons. The lowest BCUT2D eigenvalue weighted by Gasteiger charge is -2.26. The molecule has 72 heavy (non-hydrogen) atoms. The van der Waals surface area contributed by atoms with Gasteiger partial charge in [0.2, 0.25) is 0 Å². The Hall–Kier alpha value is -9.50. The van der Waals surface area contributed by atoms with Crippen LogP contribution in [0.25, 0.3) is 105 Å². The molecule has 338 valence electrons. The zero-order valence-corrected chi connectivity index (χ0v) is 39.6. The minimum Gasteiger partial charge on any atom is -0.310 e. The number of hydrogen-bond acceptors (Lipinski definition) is 1. The summed E-state index contributed by atoms with van der Waals surface area (Å²) in [5.41, 5.74) is 21.0. The Morgan fingerprint density at radius 3 is 1.39 bits per heavy atom. The second-order valence-electron chi connectivity index (χ2n) is 18.4. The minimum absolute atomic E-state index is 1.07. The van der Waals surface area contributed by atoms with E-state index in [4.69, 9.17) is 0 Å². The van der Waals surface area contributed by atoms with Gasteiger partial charge in [-0.1, -0.05) is 237 Å². The molecule has 0 N–H and O–H groups in total. The van der Waals surface area contributed by atoms with Crippen LogP contribution in [0.5, 0.6) is 0 Å². The molecule has 0 bridgehead atoms. The summed E-state index contributed by atoms with van der Waals surface area (Å²) in [6.45, 7) is 0. The molecule has 0 amide bonds. The van der Waals surface area contributed by atoms with Gasteiger partial charge in [-0.2, -0.15) is 0 Å². The third kappa shape index (κ3) is 7.73. The van der Waals surface area contributed by atoms with Crippen LogP contribution in [0, 0.1) is 0 Å². The maximum absolute atomic E-state index is 2.45. The predicted octanol–water partition coefficient (Wildman–Crippen LogP) is 19.4. The van der Waals surface area contributed by atoms with Crippen molar-refractivity contribution in [2.24, 2.45) is 0 Å². The smallest absolute Gasteiger partial charge is 0.0562 e. The van der Waals surface area contributed by atoms with Crippen LogP contribution in [0.1, 0.15) is 0 Å². The van der Waals surface area contributed by atoms with Gasteiger partial charge in [-0.3, -0.25) is 0 Å². The van der Waals surface area contributed by atoms with Gasteiger partial charge in [0.15, 0.2) is 0 Å². The lowest BCUT2D eigenvalue weighted by Crippen LogP contribution is -2.10. The van der Waals surface area contributed by atoms with E-state index in [0.717, 1.165) is 33.8 Å². The maximum Gasteiger partial charge on any atom is 0.0562 e. The van der Waals surface area contributed by atoms with Crippen molar-refractivity contribution in [1.82, 2.24) is 4.57 Å². The summed E-state index contributed by atoms with van der Waals surface area (Å²) in [5.74, 6) is 0. The number of para-hydroxylation sites is 2. The highest BCUT2D eigenvalue weighted by atomic mass is 15.1. The molecule has 2 nitrogen and oxygen atoms in total. The van der Waals surface area contributed by atoms with E-state index in [1.54, 1.807) is 0 Å². The zero-order chi connectivity index (χ0) is 47.8. The second-order valence-corrected chi connectivity index (χ2v) is 18.4. The fourth-order valence-electron chi connectivity index (χ4n) is 10.8. The van der Waals surface area contributed by atoms with Crippen LogP contribution in [0.15, 0.2) is 291 Å². The normalized spacial score (nSPS) is 11.3. The van der Waals surface area contributed by atoms with Crippen molar-refractivity contribution >= 4 is 49.6 Å². The fraction of sp³-hybridized carbons (Fsp3) is 0. The summed E-state index contributed by atoms with van der Waals surface area (Å²) >= 11 is 0. The largest absolute Gasteiger partial charge is 0.310 e. The van der Waals surface area contributed by atoms with E-state index < -0.39 is 0 Å². The molecule has 0 aliphatic rings. The van der Waals surface area contributed by atoms with E-state index in [-0.39, 0.29) is 0 Å². The average molecular weight is 917 g/mol. The highest BCUT2D eigenvalue weighted by molar-refractivity contribution is 6.11. The molecular formula is C70H48N2. The topological polar surface area (TPSA) is 8.17 Å². The molecule has 0 spiro atoms. The van der Waals surface area contributed by atoms with Gasteiger partial charge in [-0.05, 0) is 127 Å². The molecule has 0 saturated heterocycles. The Morgan fingerprint density at radius 2 is 0.708 bits per heavy atom. The molecule has 0 aliphatic heterocycles. The summed E-state index contributed by atoms with van der Waals surface area (Å²) in [6.07, 6.45) is 0. The van der Waals surface area contributed by atoms with Gasteiger partial charge >= 0.3 is 0 Å². The SMILES string of the molecule is c1ccc(-c2ccc(-c3ccc(N(c4ccc(-c5ccc6ccccc6c5-c5ccccc5)cc4)c4ccc5c6ccccc6n(-c6ccccc6-c6ccccc6)c5c4)cc3)c(-c3ccccc3)c2)cc1. The van der Waals surface area contributed by atoms with Gasteiger partial charge in [0.25, 0.3) is 0 Å². The van der Waals surface area contributed by atoms with Crippen LogP contribution in [0.2, 0.25) is 0 Å². The highest BCUT2D eigenvalue weighted by Crippen LogP contribution is 2.44. The van der Waals surface area contributed by atoms with Crippen molar-refractivity contribution in [2.45, 2.75) is 0 Å². The van der Waals surface area contributed by atoms with Gasteiger partial charge in [-0.15, -0.1) is 0 Å². The lowest BCUT2D eigenvalue weighted by molar-refractivity contribution is 1.18. The first kappa shape index (κ1) is 42.6. The maximum atomic E-state index is 2.45. The molecule has 0 atom stereocenters. The number of benzene rings is 12. The van der Waals surface area contributed by atoms with Crippen LogP contribution in [-0.4, -0.2) is 4.57 Å². The first-order valence-electron chi connectivity index (χ1n) is 24.7. The van der Waals surface area contributed by atoms with Crippen molar-refractivity contribution < 1.29 is 0 Å². The Morgan fingerprint density at radius 1 is 0.236 bits per heavy atom. The van der Waals surface area contributed by atoms with Crippen molar-refractivity contribution in [1.29, 1.82) is 0 Å². The van der Waals surface area contributed by atoms with Crippen LogP contribution >= 0.6 is 0 Å². The quantitative estimate of drug-likeness (QED) is 0.133. The predicted molar refractivity (Wildman–Crippen MR) is 306 cm³/mol. The van der Waals surface area contributed by atoms with Crippen LogP contribution in [0.3, 0.4) is 0 Å². The second kappa shape index (κ2) is 18.4. The van der Waals surface area contributed by atoms with Gasteiger partial charge in [-0.25, -0.2) is 0 Å². The third-order valence-electron chi connectivity index (χ3n) is 14.2. The van der Waals surface area contributed by atoms with Crippen molar-refractivity contribution in [2.75, 3.05) is 4.90 Å². The number of fused-ring (bicyclic) bond motifs is 4. The highest BCUT2D eigenvalue weighted by Gasteiger charge is 2.21. The first-order chi connectivity index (χ1) is 35.7. The molecule has 1 heterocycles. The molecule has 0 aliphatic carbocycles. The van der Waals surface area contributed by atoms with Gasteiger partial charge in [0.05, 0.1) is 16.7 Å².